The number of halogens is 1. The third-order valence-corrected chi connectivity index (χ3v) is 4.01. The number of rotatable bonds is 4. The van der Waals surface area contributed by atoms with Crippen molar-refractivity contribution in [2.45, 2.75) is 19.9 Å². The van der Waals surface area contributed by atoms with E-state index >= 15 is 0 Å². The van der Waals surface area contributed by atoms with E-state index in [-0.39, 0.29) is 17.6 Å². The number of carbonyl (C=O) groups is 2. The molecule has 1 atom stereocenters. The summed E-state index contributed by atoms with van der Waals surface area (Å²) in [6, 6.07) is 4.70. The number of aromatic carboxylic acids is 1. The van der Waals surface area contributed by atoms with Gasteiger partial charge in [-0.1, -0.05) is 11.6 Å². The summed E-state index contributed by atoms with van der Waals surface area (Å²) >= 11 is 7.13. The van der Waals surface area contributed by atoms with Crippen LogP contribution in [0.15, 0.2) is 23.6 Å². The van der Waals surface area contributed by atoms with Crippen LogP contribution in [0.2, 0.25) is 5.02 Å². The van der Waals surface area contributed by atoms with E-state index in [2.05, 4.69) is 10.3 Å². The van der Waals surface area contributed by atoms with Crippen LogP contribution in [0.25, 0.3) is 0 Å². The first-order valence-corrected chi connectivity index (χ1v) is 7.39. The SMILES string of the molecule is Cc1cc(Cl)cc(C(=O)NC(C)c2nc(C(=O)O)cs2)c1. The molecule has 5 nitrogen and oxygen atoms in total. The summed E-state index contributed by atoms with van der Waals surface area (Å²) in [5.41, 5.74) is 1.33. The van der Waals surface area contributed by atoms with Gasteiger partial charge in [0.05, 0.1) is 6.04 Å². The van der Waals surface area contributed by atoms with Crippen molar-refractivity contribution in [3.8, 4) is 0 Å². The number of aryl methyl sites for hydroxylation is 1. The maximum Gasteiger partial charge on any atom is 0.355 e. The van der Waals surface area contributed by atoms with Crippen molar-refractivity contribution in [3.05, 3.63) is 50.4 Å². The van der Waals surface area contributed by atoms with Gasteiger partial charge < -0.3 is 10.4 Å². The number of nitrogens with zero attached hydrogens (tertiary/aromatic N) is 1. The molecular weight excluding hydrogens is 312 g/mol. The second kappa shape index (κ2) is 6.24. The number of hydrogen-bond donors (Lipinski definition) is 2. The van der Waals surface area contributed by atoms with E-state index in [1.807, 2.05) is 6.92 Å². The molecular formula is C14H13ClN2O3S. The van der Waals surface area contributed by atoms with E-state index in [0.717, 1.165) is 5.56 Å². The zero-order valence-electron chi connectivity index (χ0n) is 11.4. The number of benzene rings is 1. The fourth-order valence-electron chi connectivity index (χ4n) is 1.79. The van der Waals surface area contributed by atoms with Gasteiger partial charge in [-0.25, -0.2) is 9.78 Å². The summed E-state index contributed by atoms with van der Waals surface area (Å²) in [5.74, 6) is -1.36. The summed E-state index contributed by atoms with van der Waals surface area (Å²) in [7, 11) is 0. The Morgan fingerprint density at radius 1 is 1.38 bits per heavy atom. The molecule has 0 saturated carbocycles. The van der Waals surface area contributed by atoms with Crippen molar-refractivity contribution in [1.29, 1.82) is 0 Å². The van der Waals surface area contributed by atoms with E-state index in [1.165, 1.54) is 16.7 Å². The van der Waals surface area contributed by atoms with Gasteiger partial charge >= 0.3 is 5.97 Å². The van der Waals surface area contributed by atoms with Gasteiger partial charge in [0.25, 0.3) is 5.91 Å². The number of nitrogens with one attached hydrogen (secondary N) is 1. The lowest BCUT2D eigenvalue weighted by atomic mass is 10.1. The number of thiazole rings is 1. The molecule has 0 saturated heterocycles. The molecule has 0 spiro atoms. The molecule has 0 fully saturated rings. The highest BCUT2D eigenvalue weighted by molar-refractivity contribution is 7.09. The number of carboxylic acids is 1. The number of carboxylic acid groups (broad SMARTS) is 1. The number of aromatic nitrogens is 1. The standard InChI is InChI=1S/C14H13ClN2O3S/c1-7-3-9(5-10(15)4-7)12(18)16-8(2)13-17-11(6-21-13)14(19)20/h3-6,8H,1-2H3,(H,16,18)(H,19,20). The molecule has 2 rings (SSSR count). The molecule has 2 N–H and O–H groups in total. The van der Waals surface area contributed by atoms with Crippen LogP contribution in [0.1, 0.15) is 44.4 Å². The predicted molar refractivity (Wildman–Crippen MR) is 81.1 cm³/mol. The van der Waals surface area contributed by atoms with Gasteiger partial charge in [-0.3, -0.25) is 4.79 Å². The second-order valence-corrected chi connectivity index (χ2v) is 5.91. The van der Waals surface area contributed by atoms with E-state index in [4.69, 9.17) is 16.7 Å². The molecule has 2 aromatic rings. The summed E-state index contributed by atoms with van der Waals surface area (Å²) in [6.45, 7) is 3.60. The van der Waals surface area contributed by atoms with Crippen LogP contribution in [0.3, 0.4) is 0 Å². The third-order valence-electron chi connectivity index (χ3n) is 2.76. The topological polar surface area (TPSA) is 79.3 Å². The Balaban J connectivity index is 2.12. The lowest BCUT2D eigenvalue weighted by Crippen LogP contribution is -2.26. The minimum absolute atomic E-state index is 0.0188. The highest BCUT2D eigenvalue weighted by atomic mass is 35.5. The lowest BCUT2D eigenvalue weighted by Gasteiger charge is -2.11. The molecule has 0 aliphatic heterocycles. The molecule has 1 aromatic carbocycles. The Morgan fingerprint density at radius 3 is 2.67 bits per heavy atom. The largest absolute Gasteiger partial charge is 0.476 e. The van der Waals surface area contributed by atoms with Crippen LogP contribution >= 0.6 is 22.9 Å². The highest BCUT2D eigenvalue weighted by Gasteiger charge is 2.17. The van der Waals surface area contributed by atoms with Gasteiger partial charge in [-0.15, -0.1) is 11.3 Å². The number of hydrogen-bond acceptors (Lipinski definition) is 4. The smallest absolute Gasteiger partial charge is 0.355 e. The van der Waals surface area contributed by atoms with Crippen LogP contribution in [-0.2, 0) is 0 Å². The van der Waals surface area contributed by atoms with E-state index in [9.17, 15) is 9.59 Å². The van der Waals surface area contributed by atoms with Crippen molar-refractivity contribution in [2.24, 2.45) is 0 Å². The Bertz CT molecular complexity index is 679. The Hall–Kier alpha value is -1.92. The minimum Gasteiger partial charge on any atom is -0.476 e. The summed E-state index contributed by atoms with van der Waals surface area (Å²) < 4.78 is 0. The first-order chi connectivity index (χ1) is 9.86. The fraction of sp³-hybridized carbons (Fsp3) is 0.214. The predicted octanol–water partition coefficient (Wildman–Crippen LogP) is 3.29. The molecule has 0 aliphatic rings. The van der Waals surface area contributed by atoms with E-state index in [1.54, 1.807) is 25.1 Å². The van der Waals surface area contributed by atoms with Gasteiger partial charge in [-0.05, 0) is 37.6 Å². The summed E-state index contributed by atoms with van der Waals surface area (Å²) in [6.07, 6.45) is 0. The third kappa shape index (κ3) is 3.80. The maximum atomic E-state index is 12.2. The molecule has 0 aliphatic carbocycles. The van der Waals surface area contributed by atoms with Crippen molar-refractivity contribution >= 4 is 34.8 Å². The first kappa shape index (κ1) is 15.5. The molecule has 1 aromatic heterocycles. The Morgan fingerprint density at radius 2 is 2.10 bits per heavy atom. The first-order valence-electron chi connectivity index (χ1n) is 6.13. The fourth-order valence-corrected chi connectivity index (χ4v) is 2.88. The molecule has 1 heterocycles. The molecule has 110 valence electrons. The zero-order chi connectivity index (χ0) is 15.6. The molecule has 7 heteroatoms. The Labute approximate surface area is 130 Å². The normalized spacial score (nSPS) is 12.0. The van der Waals surface area contributed by atoms with Gasteiger partial charge in [0.2, 0.25) is 0 Å². The van der Waals surface area contributed by atoms with Crippen LogP contribution in [0, 0.1) is 6.92 Å². The van der Waals surface area contributed by atoms with E-state index < -0.39 is 5.97 Å². The second-order valence-electron chi connectivity index (χ2n) is 4.59. The summed E-state index contributed by atoms with van der Waals surface area (Å²) in [4.78, 5) is 26.9. The quantitative estimate of drug-likeness (QED) is 0.904. The Kier molecular flexibility index (Phi) is 4.59. The van der Waals surface area contributed by atoms with Crippen LogP contribution in [0.4, 0.5) is 0 Å². The zero-order valence-corrected chi connectivity index (χ0v) is 13.0. The minimum atomic E-state index is -1.08. The van der Waals surface area contributed by atoms with Gasteiger partial charge in [0.1, 0.15) is 5.01 Å². The van der Waals surface area contributed by atoms with Gasteiger partial charge in [0, 0.05) is 16.0 Å². The van der Waals surface area contributed by atoms with Crippen molar-refractivity contribution in [3.63, 3.8) is 0 Å². The number of amides is 1. The van der Waals surface area contributed by atoms with Crippen molar-refractivity contribution < 1.29 is 14.7 Å². The average molecular weight is 325 g/mol. The maximum absolute atomic E-state index is 12.2. The average Bonchev–Trinajstić information content (AvgIpc) is 2.87. The molecule has 1 amide bonds. The molecule has 0 radical (unpaired) electrons. The van der Waals surface area contributed by atoms with Crippen molar-refractivity contribution in [2.75, 3.05) is 0 Å². The van der Waals surface area contributed by atoms with Gasteiger partial charge in [0.15, 0.2) is 5.69 Å². The number of carbonyl (C=O) groups excluding carboxylic acids is 1. The van der Waals surface area contributed by atoms with Crippen LogP contribution in [-0.4, -0.2) is 22.0 Å². The monoisotopic (exact) mass is 324 g/mol. The van der Waals surface area contributed by atoms with Crippen molar-refractivity contribution in [1.82, 2.24) is 10.3 Å². The lowest BCUT2D eigenvalue weighted by molar-refractivity contribution is 0.0691. The summed E-state index contributed by atoms with van der Waals surface area (Å²) in [5, 5.41) is 14.1. The molecule has 21 heavy (non-hydrogen) atoms. The van der Waals surface area contributed by atoms with Crippen LogP contribution in [0.5, 0.6) is 0 Å². The molecule has 0 bridgehead atoms. The van der Waals surface area contributed by atoms with Crippen LogP contribution < -0.4 is 5.32 Å². The molecule has 1 unspecified atom stereocenters. The van der Waals surface area contributed by atoms with E-state index in [0.29, 0.717) is 15.6 Å². The highest BCUT2D eigenvalue weighted by Crippen LogP contribution is 2.20. The van der Waals surface area contributed by atoms with Gasteiger partial charge in [-0.2, -0.15) is 0 Å².